The molecule has 21 heavy (non-hydrogen) atoms. The SMILES string of the molecule is COC(=O)C1CCCCN1C(=O)N1CCCC1CC(=O)O. The van der Waals surface area contributed by atoms with Crippen molar-refractivity contribution in [2.75, 3.05) is 20.2 Å². The van der Waals surface area contributed by atoms with Gasteiger partial charge in [-0.2, -0.15) is 0 Å². The first-order valence-electron chi connectivity index (χ1n) is 7.41. The van der Waals surface area contributed by atoms with Gasteiger partial charge in [-0.05, 0) is 32.1 Å². The third-order valence-electron chi connectivity index (χ3n) is 4.25. The average molecular weight is 298 g/mol. The van der Waals surface area contributed by atoms with Crippen molar-refractivity contribution in [2.24, 2.45) is 0 Å². The third kappa shape index (κ3) is 3.46. The molecule has 0 aromatic rings. The molecule has 118 valence electrons. The van der Waals surface area contributed by atoms with Crippen molar-refractivity contribution in [3.05, 3.63) is 0 Å². The minimum atomic E-state index is -0.900. The van der Waals surface area contributed by atoms with Gasteiger partial charge in [0.15, 0.2) is 0 Å². The van der Waals surface area contributed by atoms with Crippen LogP contribution in [0.25, 0.3) is 0 Å². The topological polar surface area (TPSA) is 87.2 Å². The summed E-state index contributed by atoms with van der Waals surface area (Å²) in [6.07, 6.45) is 3.83. The zero-order valence-electron chi connectivity index (χ0n) is 12.3. The summed E-state index contributed by atoms with van der Waals surface area (Å²) in [5.74, 6) is -1.29. The molecule has 0 aliphatic carbocycles. The predicted molar refractivity (Wildman–Crippen MR) is 73.7 cm³/mol. The number of hydrogen-bond donors (Lipinski definition) is 1. The Kier molecular flexibility index (Phi) is 5.03. The van der Waals surface area contributed by atoms with Gasteiger partial charge in [0.1, 0.15) is 6.04 Å². The van der Waals surface area contributed by atoms with Crippen LogP contribution in [0.2, 0.25) is 0 Å². The summed E-state index contributed by atoms with van der Waals surface area (Å²) in [5.41, 5.74) is 0. The third-order valence-corrected chi connectivity index (χ3v) is 4.25. The van der Waals surface area contributed by atoms with E-state index in [-0.39, 0.29) is 18.5 Å². The van der Waals surface area contributed by atoms with Gasteiger partial charge in [0.25, 0.3) is 0 Å². The molecule has 7 heteroatoms. The van der Waals surface area contributed by atoms with E-state index in [1.54, 1.807) is 9.80 Å². The Bertz CT molecular complexity index is 426. The molecule has 1 N–H and O–H groups in total. The van der Waals surface area contributed by atoms with Gasteiger partial charge in [-0.15, -0.1) is 0 Å². The lowest BCUT2D eigenvalue weighted by Crippen LogP contribution is -2.54. The van der Waals surface area contributed by atoms with E-state index >= 15 is 0 Å². The number of esters is 1. The second kappa shape index (κ2) is 6.78. The van der Waals surface area contributed by atoms with Crippen molar-refractivity contribution in [2.45, 2.75) is 50.6 Å². The maximum atomic E-state index is 12.7. The van der Waals surface area contributed by atoms with Crippen molar-refractivity contribution >= 4 is 18.0 Å². The molecule has 0 aromatic carbocycles. The van der Waals surface area contributed by atoms with Gasteiger partial charge in [-0.1, -0.05) is 0 Å². The Balaban J connectivity index is 2.09. The molecule has 7 nitrogen and oxygen atoms in total. The molecule has 2 heterocycles. The van der Waals surface area contributed by atoms with Crippen LogP contribution in [0.5, 0.6) is 0 Å². The highest BCUT2D eigenvalue weighted by Crippen LogP contribution is 2.26. The number of likely N-dealkylation sites (tertiary alicyclic amines) is 2. The second-order valence-electron chi connectivity index (χ2n) is 5.60. The quantitative estimate of drug-likeness (QED) is 0.788. The van der Waals surface area contributed by atoms with Crippen molar-refractivity contribution in [3.63, 3.8) is 0 Å². The van der Waals surface area contributed by atoms with E-state index in [2.05, 4.69) is 0 Å². The maximum absolute atomic E-state index is 12.7. The lowest BCUT2D eigenvalue weighted by molar-refractivity contribution is -0.147. The van der Waals surface area contributed by atoms with E-state index in [4.69, 9.17) is 9.84 Å². The predicted octanol–water partition coefficient (Wildman–Crippen LogP) is 1.07. The van der Waals surface area contributed by atoms with E-state index in [0.717, 1.165) is 19.3 Å². The Labute approximate surface area is 123 Å². The van der Waals surface area contributed by atoms with Crippen molar-refractivity contribution < 1.29 is 24.2 Å². The molecule has 0 aromatic heterocycles. The molecule has 0 radical (unpaired) electrons. The molecule has 2 aliphatic heterocycles. The van der Waals surface area contributed by atoms with Crippen LogP contribution in [0.15, 0.2) is 0 Å². The van der Waals surface area contributed by atoms with Crippen LogP contribution in [-0.4, -0.2) is 65.2 Å². The van der Waals surface area contributed by atoms with Gasteiger partial charge in [0.05, 0.1) is 13.5 Å². The van der Waals surface area contributed by atoms with Crippen molar-refractivity contribution in [3.8, 4) is 0 Å². The van der Waals surface area contributed by atoms with E-state index in [1.165, 1.54) is 7.11 Å². The van der Waals surface area contributed by atoms with E-state index in [9.17, 15) is 14.4 Å². The summed E-state index contributed by atoms with van der Waals surface area (Å²) in [4.78, 5) is 38.6. The smallest absolute Gasteiger partial charge is 0.328 e. The minimum Gasteiger partial charge on any atom is -0.481 e. The van der Waals surface area contributed by atoms with Crippen molar-refractivity contribution in [1.82, 2.24) is 9.80 Å². The van der Waals surface area contributed by atoms with Crippen molar-refractivity contribution in [1.29, 1.82) is 0 Å². The number of methoxy groups -OCH3 is 1. The summed E-state index contributed by atoms with van der Waals surface area (Å²) in [6, 6.07) is -1.04. The molecule has 2 saturated heterocycles. The summed E-state index contributed by atoms with van der Waals surface area (Å²) in [6.45, 7) is 1.08. The number of piperidine rings is 1. The molecular weight excluding hydrogens is 276 g/mol. The fraction of sp³-hybridized carbons (Fsp3) is 0.786. The van der Waals surface area contributed by atoms with Gasteiger partial charge in [-0.25, -0.2) is 9.59 Å². The molecule has 0 bridgehead atoms. The molecule has 2 unspecified atom stereocenters. The summed E-state index contributed by atoms with van der Waals surface area (Å²) in [5, 5.41) is 8.94. The number of carbonyl (C=O) groups is 3. The zero-order chi connectivity index (χ0) is 15.4. The Morgan fingerprint density at radius 2 is 1.81 bits per heavy atom. The van der Waals surface area contributed by atoms with Crippen LogP contribution in [-0.2, 0) is 14.3 Å². The molecule has 2 aliphatic rings. The molecule has 2 amide bonds. The second-order valence-corrected chi connectivity index (χ2v) is 5.60. The van der Waals surface area contributed by atoms with Crippen LogP contribution in [0.4, 0.5) is 4.79 Å². The number of rotatable bonds is 3. The van der Waals surface area contributed by atoms with E-state index < -0.39 is 18.0 Å². The summed E-state index contributed by atoms with van der Waals surface area (Å²) in [7, 11) is 1.32. The maximum Gasteiger partial charge on any atom is 0.328 e. The van der Waals surface area contributed by atoms with Gasteiger partial charge in [0.2, 0.25) is 0 Å². The monoisotopic (exact) mass is 298 g/mol. The van der Waals surface area contributed by atoms with E-state index in [0.29, 0.717) is 25.9 Å². The number of urea groups is 1. The molecule has 0 saturated carbocycles. The molecule has 2 fully saturated rings. The molecule has 0 spiro atoms. The van der Waals surface area contributed by atoms with Crippen LogP contribution in [0, 0.1) is 0 Å². The minimum absolute atomic E-state index is 0.0392. The van der Waals surface area contributed by atoms with Gasteiger partial charge in [0, 0.05) is 19.1 Å². The van der Waals surface area contributed by atoms with Gasteiger partial charge >= 0.3 is 18.0 Å². The first kappa shape index (κ1) is 15.6. The number of carbonyl (C=O) groups excluding carboxylic acids is 2. The van der Waals surface area contributed by atoms with Crippen LogP contribution in [0.3, 0.4) is 0 Å². The summed E-state index contributed by atoms with van der Waals surface area (Å²) >= 11 is 0. The molecule has 2 rings (SSSR count). The molecule has 2 atom stereocenters. The Morgan fingerprint density at radius 1 is 1.10 bits per heavy atom. The lowest BCUT2D eigenvalue weighted by Gasteiger charge is -2.37. The highest BCUT2D eigenvalue weighted by atomic mass is 16.5. The van der Waals surface area contributed by atoms with E-state index in [1.807, 2.05) is 0 Å². The number of aliphatic carboxylic acids is 1. The number of carboxylic acids is 1. The number of amides is 2. The number of carboxylic acid groups (broad SMARTS) is 1. The number of hydrogen-bond acceptors (Lipinski definition) is 4. The van der Waals surface area contributed by atoms with Crippen LogP contribution >= 0.6 is 0 Å². The first-order chi connectivity index (χ1) is 10.0. The highest BCUT2D eigenvalue weighted by Gasteiger charge is 2.39. The normalized spacial score (nSPS) is 25.8. The first-order valence-corrected chi connectivity index (χ1v) is 7.41. The lowest BCUT2D eigenvalue weighted by atomic mass is 10.0. The largest absolute Gasteiger partial charge is 0.481 e. The fourth-order valence-electron chi connectivity index (χ4n) is 3.21. The average Bonchev–Trinajstić information content (AvgIpc) is 2.93. The molecular formula is C14H22N2O5. The standard InChI is InChI=1S/C14H22N2O5/c1-21-13(19)11-6-2-3-7-16(11)14(20)15-8-4-5-10(15)9-12(17)18/h10-11H,2-9H2,1H3,(H,17,18). The zero-order valence-corrected chi connectivity index (χ0v) is 12.3. The number of ether oxygens (including phenoxy) is 1. The summed E-state index contributed by atoms with van der Waals surface area (Å²) < 4.78 is 4.78. The van der Waals surface area contributed by atoms with Gasteiger partial charge < -0.3 is 19.6 Å². The highest BCUT2D eigenvalue weighted by molar-refractivity contribution is 5.84. The van der Waals surface area contributed by atoms with Crippen LogP contribution < -0.4 is 0 Å². The Hall–Kier alpha value is -1.79. The fourth-order valence-corrected chi connectivity index (χ4v) is 3.21. The Morgan fingerprint density at radius 3 is 2.48 bits per heavy atom. The van der Waals surface area contributed by atoms with Crippen LogP contribution in [0.1, 0.15) is 38.5 Å². The number of nitrogens with zero attached hydrogens (tertiary/aromatic N) is 2. The van der Waals surface area contributed by atoms with Gasteiger partial charge in [-0.3, -0.25) is 4.79 Å².